The molecule has 0 aliphatic rings. The van der Waals surface area contributed by atoms with Gasteiger partial charge in [-0.2, -0.15) is 5.10 Å². The van der Waals surface area contributed by atoms with E-state index in [1.54, 1.807) is 22.9 Å². The number of nitrogens with two attached hydrogens (primary N) is 1. The molecule has 0 aliphatic carbocycles. The van der Waals surface area contributed by atoms with Crippen LogP contribution in [0.2, 0.25) is 5.02 Å². The smallest absolute Gasteiger partial charge is 0.164 e. The molecule has 1 aromatic carbocycles. The Hall–Kier alpha value is -2.08. The lowest BCUT2D eigenvalue weighted by atomic mass is 10.2. The summed E-state index contributed by atoms with van der Waals surface area (Å²) < 4.78 is 7.34. The highest BCUT2D eigenvalue weighted by molar-refractivity contribution is 6.34. The van der Waals surface area contributed by atoms with Crippen molar-refractivity contribution in [1.29, 1.82) is 5.41 Å². The van der Waals surface area contributed by atoms with Crippen LogP contribution in [0, 0.1) is 5.41 Å². The van der Waals surface area contributed by atoms with Crippen LogP contribution < -0.4 is 10.5 Å². The van der Waals surface area contributed by atoms with E-state index in [0.29, 0.717) is 22.9 Å². The fourth-order valence-electron chi connectivity index (χ4n) is 1.62. The molecule has 1 heterocycles. The van der Waals surface area contributed by atoms with Crippen LogP contribution in [0.5, 0.6) is 5.75 Å². The molecule has 2 aromatic rings. The molecule has 0 fully saturated rings. The van der Waals surface area contributed by atoms with Crippen LogP contribution in [-0.2, 0) is 13.2 Å². The molecular weight excluding hydrogens is 266 g/mol. The van der Waals surface area contributed by atoms with Gasteiger partial charge in [-0.05, 0) is 25.1 Å². The Labute approximate surface area is 115 Å². The summed E-state index contributed by atoms with van der Waals surface area (Å²) in [5.41, 5.74) is 5.88. The van der Waals surface area contributed by atoms with E-state index in [4.69, 9.17) is 27.5 Å². The lowest BCUT2D eigenvalue weighted by Gasteiger charge is -2.08. The van der Waals surface area contributed by atoms with Gasteiger partial charge in [0.15, 0.2) is 5.82 Å². The molecule has 0 spiro atoms. The zero-order valence-electron chi connectivity index (χ0n) is 10.4. The van der Waals surface area contributed by atoms with Gasteiger partial charge >= 0.3 is 0 Å². The second-order valence-electron chi connectivity index (χ2n) is 3.84. The van der Waals surface area contributed by atoms with Crippen molar-refractivity contribution in [3.05, 3.63) is 40.9 Å². The van der Waals surface area contributed by atoms with E-state index in [9.17, 15) is 0 Å². The van der Waals surface area contributed by atoms with Gasteiger partial charge in [0.1, 0.15) is 24.5 Å². The summed E-state index contributed by atoms with van der Waals surface area (Å²) in [5, 5.41) is 11.8. The van der Waals surface area contributed by atoms with Crippen molar-refractivity contribution >= 4 is 17.4 Å². The molecule has 0 amide bonds. The summed E-state index contributed by atoms with van der Waals surface area (Å²) in [5.74, 6) is 1.28. The van der Waals surface area contributed by atoms with Crippen molar-refractivity contribution in [2.75, 3.05) is 0 Å². The zero-order valence-corrected chi connectivity index (χ0v) is 11.2. The number of rotatable bonds is 5. The Morgan fingerprint density at radius 2 is 2.32 bits per heavy atom. The number of amidine groups is 1. The summed E-state index contributed by atoms with van der Waals surface area (Å²) in [6.45, 7) is 3.03. The number of ether oxygens (including phenoxy) is 1. The van der Waals surface area contributed by atoms with E-state index < -0.39 is 0 Å². The fourth-order valence-corrected chi connectivity index (χ4v) is 1.89. The lowest BCUT2D eigenvalue weighted by molar-refractivity contribution is 0.287. The zero-order chi connectivity index (χ0) is 13.8. The molecule has 0 saturated heterocycles. The molecule has 2 rings (SSSR count). The SMILES string of the molecule is CCn1ncnc1COc1ccc(C(=N)N)c(Cl)c1. The number of aryl methyl sites for hydroxylation is 1. The molecule has 0 aliphatic heterocycles. The third kappa shape index (κ3) is 3.03. The Bertz CT molecular complexity index is 596. The van der Waals surface area contributed by atoms with E-state index in [1.165, 1.54) is 6.33 Å². The number of nitrogen functional groups attached to an aromatic ring is 1. The first-order chi connectivity index (χ1) is 9.11. The number of hydrogen-bond acceptors (Lipinski definition) is 4. The van der Waals surface area contributed by atoms with Crippen LogP contribution in [0.25, 0.3) is 0 Å². The van der Waals surface area contributed by atoms with Gasteiger partial charge in [-0.3, -0.25) is 5.41 Å². The van der Waals surface area contributed by atoms with Crippen LogP contribution in [0.4, 0.5) is 0 Å². The minimum Gasteiger partial charge on any atom is -0.486 e. The summed E-state index contributed by atoms with van der Waals surface area (Å²) >= 11 is 6.01. The maximum absolute atomic E-state index is 7.35. The van der Waals surface area contributed by atoms with Crippen LogP contribution >= 0.6 is 11.6 Å². The topological polar surface area (TPSA) is 89.8 Å². The first-order valence-corrected chi connectivity index (χ1v) is 6.13. The maximum atomic E-state index is 7.35. The molecule has 0 bridgehead atoms. The van der Waals surface area contributed by atoms with Gasteiger partial charge in [0, 0.05) is 12.1 Å². The van der Waals surface area contributed by atoms with Crippen molar-refractivity contribution in [2.45, 2.75) is 20.1 Å². The number of benzene rings is 1. The Kier molecular flexibility index (Phi) is 4.01. The maximum Gasteiger partial charge on any atom is 0.164 e. The van der Waals surface area contributed by atoms with Gasteiger partial charge in [0.25, 0.3) is 0 Å². The molecule has 100 valence electrons. The molecule has 6 nitrogen and oxygen atoms in total. The van der Waals surface area contributed by atoms with Crippen molar-refractivity contribution in [3.8, 4) is 5.75 Å². The second-order valence-corrected chi connectivity index (χ2v) is 4.24. The Balaban J connectivity index is 2.08. The molecule has 0 radical (unpaired) electrons. The van der Waals surface area contributed by atoms with E-state index in [0.717, 1.165) is 12.4 Å². The van der Waals surface area contributed by atoms with Crippen LogP contribution in [0.1, 0.15) is 18.3 Å². The Morgan fingerprint density at radius 1 is 1.53 bits per heavy atom. The normalized spacial score (nSPS) is 10.4. The van der Waals surface area contributed by atoms with Crippen molar-refractivity contribution in [2.24, 2.45) is 5.73 Å². The molecule has 7 heteroatoms. The molecular formula is C12H14ClN5O. The van der Waals surface area contributed by atoms with Gasteiger partial charge in [-0.25, -0.2) is 9.67 Å². The number of aromatic nitrogens is 3. The predicted octanol–water partition coefficient (Wildman–Crippen LogP) is 1.81. The number of hydrogen-bond donors (Lipinski definition) is 2. The van der Waals surface area contributed by atoms with Gasteiger partial charge in [-0.15, -0.1) is 0 Å². The van der Waals surface area contributed by atoms with Gasteiger partial charge in [-0.1, -0.05) is 11.6 Å². The first kappa shape index (κ1) is 13.4. The van der Waals surface area contributed by atoms with Gasteiger partial charge < -0.3 is 10.5 Å². The summed E-state index contributed by atoms with van der Waals surface area (Å²) in [7, 11) is 0. The highest BCUT2D eigenvalue weighted by atomic mass is 35.5. The third-order valence-corrected chi connectivity index (χ3v) is 2.91. The summed E-state index contributed by atoms with van der Waals surface area (Å²) in [4.78, 5) is 4.11. The van der Waals surface area contributed by atoms with Crippen molar-refractivity contribution in [1.82, 2.24) is 14.8 Å². The summed E-state index contributed by atoms with van der Waals surface area (Å²) in [6.07, 6.45) is 1.49. The average Bonchev–Trinajstić information content (AvgIpc) is 2.83. The highest BCUT2D eigenvalue weighted by Crippen LogP contribution is 2.22. The molecule has 3 N–H and O–H groups in total. The molecule has 0 atom stereocenters. The predicted molar refractivity (Wildman–Crippen MR) is 72.5 cm³/mol. The first-order valence-electron chi connectivity index (χ1n) is 5.75. The lowest BCUT2D eigenvalue weighted by Crippen LogP contribution is -2.11. The van der Waals surface area contributed by atoms with E-state index >= 15 is 0 Å². The quantitative estimate of drug-likeness (QED) is 0.645. The van der Waals surface area contributed by atoms with Crippen LogP contribution in [0.15, 0.2) is 24.5 Å². The van der Waals surface area contributed by atoms with Crippen LogP contribution in [0.3, 0.4) is 0 Å². The van der Waals surface area contributed by atoms with Crippen molar-refractivity contribution in [3.63, 3.8) is 0 Å². The largest absolute Gasteiger partial charge is 0.486 e. The van der Waals surface area contributed by atoms with Gasteiger partial charge in [0.2, 0.25) is 0 Å². The minimum absolute atomic E-state index is 0.0673. The van der Waals surface area contributed by atoms with Crippen molar-refractivity contribution < 1.29 is 4.74 Å². The molecule has 19 heavy (non-hydrogen) atoms. The fraction of sp³-hybridized carbons (Fsp3) is 0.250. The number of nitrogens with one attached hydrogen (secondary N) is 1. The highest BCUT2D eigenvalue weighted by Gasteiger charge is 2.07. The van der Waals surface area contributed by atoms with Crippen LogP contribution in [-0.4, -0.2) is 20.6 Å². The minimum atomic E-state index is -0.0673. The second kappa shape index (κ2) is 5.71. The Morgan fingerprint density at radius 3 is 2.95 bits per heavy atom. The summed E-state index contributed by atoms with van der Waals surface area (Å²) in [6, 6.07) is 5.00. The molecule has 1 aromatic heterocycles. The van der Waals surface area contributed by atoms with Gasteiger partial charge in [0.05, 0.1) is 5.02 Å². The van der Waals surface area contributed by atoms with E-state index in [1.807, 2.05) is 6.92 Å². The molecule has 0 unspecified atom stereocenters. The molecule has 0 saturated carbocycles. The van der Waals surface area contributed by atoms with E-state index in [-0.39, 0.29) is 5.84 Å². The monoisotopic (exact) mass is 279 g/mol. The average molecular weight is 280 g/mol. The van der Waals surface area contributed by atoms with E-state index in [2.05, 4.69) is 10.1 Å². The standard InChI is InChI=1S/C12H14ClN5O/c1-2-18-11(16-7-17-18)6-19-8-3-4-9(12(14)15)10(13)5-8/h3-5,7H,2,6H2,1H3,(H3,14,15). The number of nitrogens with zero attached hydrogens (tertiary/aromatic N) is 3. The third-order valence-electron chi connectivity index (χ3n) is 2.59. The number of halogens is 1.